The van der Waals surface area contributed by atoms with Gasteiger partial charge in [-0.2, -0.15) is 5.26 Å². The maximum Gasteiger partial charge on any atom is 0.300 e. The highest BCUT2D eigenvalue weighted by Crippen LogP contribution is 2.44. The number of anilines is 1. The first-order valence-electron chi connectivity index (χ1n) is 10.2. The van der Waals surface area contributed by atoms with Crippen molar-refractivity contribution in [1.29, 1.82) is 5.26 Å². The zero-order chi connectivity index (χ0) is 24.4. The Bertz CT molecular complexity index is 1340. The van der Waals surface area contributed by atoms with Gasteiger partial charge in [0.25, 0.3) is 11.7 Å². The Hall–Kier alpha value is -4.28. The van der Waals surface area contributed by atoms with Gasteiger partial charge in [0.15, 0.2) is 0 Å². The van der Waals surface area contributed by atoms with Gasteiger partial charge in [-0.15, -0.1) is 0 Å². The zero-order valence-corrected chi connectivity index (χ0v) is 19.0. The number of amides is 1. The van der Waals surface area contributed by atoms with Crippen molar-refractivity contribution in [1.82, 2.24) is 0 Å². The maximum absolute atomic E-state index is 13.3. The molecule has 34 heavy (non-hydrogen) atoms. The lowest BCUT2D eigenvalue weighted by atomic mass is 9.94. The fraction of sp³-hybridized carbons (Fsp3) is 0.115. The van der Waals surface area contributed by atoms with Gasteiger partial charge in [-0.1, -0.05) is 41.9 Å². The summed E-state index contributed by atoms with van der Waals surface area (Å²) < 4.78 is 10.6. The molecule has 1 saturated heterocycles. The van der Waals surface area contributed by atoms with Gasteiger partial charge in [-0.3, -0.25) is 14.5 Å². The monoisotopic (exact) mass is 474 g/mol. The van der Waals surface area contributed by atoms with Crippen LogP contribution in [0.3, 0.4) is 0 Å². The second-order valence-corrected chi connectivity index (χ2v) is 7.83. The topological polar surface area (TPSA) is 99.9 Å². The summed E-state index contributed by atoms with van der Waals surface area (Å²) in [6.07, 6.45) is 0. The Kier molecular flexibility index (Phi) is 6.26. The first-order valence-corrected chi connectivity index (χ1v) is 10.6. The fourth-order valence-corrected chi connectivity index (χ4v) is 4.17. The van der Waals surface area contributed by atoms with Crippen LogP contribution in [0.1, 0.15) is 22.7 Å². The van der Waals surface area contributed by atoms with Crippen molar-refractivity contribution in [2.75, 3.05) is 19.1 Å². The number of hydrogen-bond acceptors (Lipinski definition) is 6. The number of ketones is 1. The van der Waals surface area contributed by atoms with Crippen molar-refractivity contribution in [3.8, 4) is 17.6 Å². The number of carbonyl (C=O) groups is 2. The van der Waals surface area contributed by atoms with Crippen LogP contribution >= 0.6 is 11.6 Å². The van der Waals surface area contributed by atoms with Crippen LogP contribution in [0.25, 0.3) is 5.76 Å². The zero-order valence-electron chi connectivity index (χ0n) is 18.3. The lowest BCUT2D eigenvalue weighted by Gasteiger charge is -2.25. The molecule has 170 valence electrons. The van der Waals surface area contributed by atoms with E-state index in [1.54, 1.807) is 48.5 Å². The van der Waals surface area contributed by atoms with Gasteiger partial charge < -0.3 is 14.6 Å². The highest BCUT2D eigenvalue weighted by atomic mass is 35.5. The molecular weight excluding hydrogens is 456 g/mol. The Morgan fingerprint density at radius 1 is 1.00 bits per heavy atom. The third kappa shape index (κ3) is 3.85. The first kappa shape index (κ1) is 22.9. The number of aliphatic hydroxyl groups is 1. The molecule has 1 atom stereocenters. The molecule has 1 aliphatic rings. The molecule has 0 aromatic heterocycles. The molecule has 0 aliphatic carbocycles. The average Bonchev–Trinajstić information content (AvgIpc) is 3.14. The smallest absolute Gasteiger partial charge is 0.300 e. The van der Waals surface area contributed by atoms with Gasteiger partial charge in [0.2, 0.25) is 0 Å². The van der Waals surface area contributed by atoms with Crippen molar-refractivity contribution in [3.63, 3.8) is 0 Å². The lowest BCUT2D eigenvalue weighted by molar-refractivity contribution is -0.132. The van der Waals surface area contributed by atoms with E-state index >= 15 is 0 Å². The number of benzene rings is 3. The SMILES string of the molecule is COc1cc(/C(O)=C2\C(=O)C(=O)N(c3ccc(C#N)cc3)C2c2ccccc2)c(OC)cc1Cl. The van der Waals surface area contributed by atoms with E-state index in [4.69, 9.17) is 26.3 Å². The molecule has 1 aliphatic heterocycles. The van der Waals surface area contributed by atoms with Crippen LogP contribution in [0.4, 0.5) is 5.69 Å². The molecule has 7 nitrogen and oxygen atoms in total. The quantitative estimate of drug-likeness (QED) is 0.322. The molecule has 1 amide bonds. The van der Waals surface area contributed by atoms with Crippen LogP contribution in [0.15, 0.2) is 72.3 Å². The van der Waals surface area contributed by atoms with E-state index in [1.807, 2.05) is 12.1 Å². The third-order valence-electron chi connectivity index (χ3n) is 5.56. The number of ether oxygens (including phenoxy) is 2. The molecule has 0 saturated carbocycles. The minimum Gasteiger partial charge on any atom is -0.507 e. The van der Waals surface area contributed by atoms with Crippen LogP contribution in [0, 0.1) is 11.3 Å². The molecule has 0 radical (unpaired) electrons. The van der Waals surface area contributed by atoms with E-state index in [0.29, 0.717) is 16.8 Å². The Balaban J connectivity index is 1.97. The largest absolute Gasteiger partial charge is 0.507 e. The molecular formula is C26H19ClN2O5. The molecule has 3 aromatic carbocycles. The molecule has 4 rings (SSSR count). The maximum atomic E-state index is 13.3. The van der Waals surface area contributed by atoms with Crippen molar-refractivity contribution in [3.05, 3.63) is 94.0 Å². The second-order valence-electron chi connectivity index (χ2n) is 7.43. The van der Waals surface area contributed by atoms with Crippen molar-refractivity contribution < 1.29 is 24.2 Å². The standard InChI is InChI=1S/C26H19ClN2O5/c1-33-20-13-19(27)21(34-2)12-18(20)24(30)22-23(16-6-4-3-5-7-16)29(26(32)25(22)31)17-10-8-15(14-28)9-11-17/h3-13,23,30H,1-2H3/b24-22+. The first-order chi connectivity index (χ1) is 16.4. The summed E-state index contributed by atoms with van der Waals surface area (Å²) in [5, 5.41) is 20.7. The van der Waals surface area contributed by atoms with E-state index in [9.17, 15) is 14.7 Å². The summed E-state index contributed by atoms with van der Waals surface area (Å²) in [6.45, 7) is 0. The van der Waals surface area contributed by atoms with Crippen molar-refractivity contribution >= 4 is 34.7 Å². The minimum absolute atomic E-state index is 0.108. The molecule has 1 heterocycles. The minimum atomic E-state index is -0.916. The second kappa shape index (κ2) is 9.30. The Morgan fingerprint density at radius 2 is 1.65 bits per heavy atom. The number of methoxy groups -OCH3 is 2. The van der Waals surface area contributed by atoms with Gasteiger partial charge in [-0.25, -0.2) is 0 Å². The Morgan fingerprint density at radius 3 is 2.24 bits per heavy atom. The molecule has 3 aromatic rings. The van der Waals surface area contributed by atoms with Crippen molar-refractivity contribution in [2.45, 2.75) is 6.04 Å². The summed E-state index contributed by atoms with van der Waals surface area (Å²) in [4.78, 5) is 27.8. The number of nitrogens with zero attached hydrogens (tertiary/aromatic N) is 2. The van der Waals surface area contributed by atoms with Gasteiger partial charge in [0, 0.05) is 11.8 Å². The summed E-state index contributed by atoms with van der Waals surface area (Å²) >= 11 is 6.19. The number of rotatable bonds is 5. The molecule has 0 spiro atoms. The van der Waals surface area contributed by atoms with Gasteiger partial charge in [0.05, 0.1) is 48.1 Å². The van der Waals surface area contributed by atoms with Crippen molar-refractivity contribution in [2.24, 2.45) is 0 Å². The van der Waals surface area contributed by atoms with Gasteiger partial charge >= 0.3 is 0 Å². The summed E-state index contributed by atoms with van der Waals surface area (Å²) in [6, 6.07) is 19.2. The number of halogens is 1. The van der Waals surface area contributed by atoms with Crippen LogP contribution < -0.4 is 14.4 Å². The summed E-state index contributed by atoms with van der Waals surface area (Å²) in [5.74, 6) is -1.61. The molecule has 0 bridgehead atoms. The predicted octanol–water partition coefficient (Wildman–Crippen LogP) is 4.86. The lowest BCUT2D eigenvalue weighted by Crippen LogP contribution is -2.29. The fourth-order valence-electron chi connectivity index (χ4n) is 3.94. The molecule has 1 N–H and O–H groups in total. The van der Waals surface area contributed by atoms with E-state index in [0.717, 1.165) is 0 Å². The van der Waals surface area contributed by atoms with Crippen LogP contribution in [0.5, 0.6) is 11.5 Å². The Labute approximate surface area is 201 Å². The highest BCUT2D eigenvalue weighted by Gasteiger charge is 2.47. The van der Waals surface area contributed by atoms with E-state index in [1.165, 1.54) is 31.3 Å². The number of Topliss-reactive ketones (excluding diaryl/α,β-unsaturated/α-hetero) is 1. The van der Waals surface area contributed by atoms with E-state index in [-0.39, 0.29) is 27.7 Å². The third-order valence-corrected chi connectivity index (χ3v) is 5.86. The molecule has 8 heteroatoms. The highest BCUT2D eigenvalue weighted by molar-refractivity contribution is 6.51. The summed E-state index contributed by atoms with van der Waals surface area (Å²) in [7, 11) is 2.82. The predicted molar refractivity (Wildman–Crippen MR) is 127 cm³/mol. The summed E-state index contributed by atoms with van der Waals surface area (Å²) in [5.41, 5.74) is 1.49. The number of nitriles is 1. The number of hydrogen-bond donors (Lipinski definition) is 1. The van der Waals surface area contributed by atoms with Crippen LogP contribution in [-0.2, 0) is 9.59 Å². The number of carbonyl (C=O) groups excluding carboxylic acids is 2. The van der Waals surface area contributed by atoms with Crippen LogP contribution in [-0.4, -0.2) is 31.0 Å². The molecule has 1 fully saturated rings. The van der Waals surface area contributed by atoms with Gasteiger partial charge in [-0.05, 0) is 35.9 Å². The molecule has 1 unspecified atom stereocenters. The van der Waals surface area contributed by atoms with Gasteiger partial charge in [0.1, 0.15) is 17.3 Å². The van der Waals surface area contributed by atoms with E-state index in [2.05, 4.69) is 0 Å². The average molecular weight is 475 g/mol. The van der Waals surface area contributed by atoms with E-state index < -0.39 is 23.5 Å². The normalized spacial score (nSPS) is 16.9. The number of aliphatic hydroxyl groups excluding tert-OH is 1. The van der Waals surface area contributed by atoms with Crippen LogP contribution in [0.2, 0.25) is 5.02 Å².